The number of morpholine rings is 1. The molecule has 0 radical (unpaired) electrons. The Morgan fingerprint density at radius 2 is 2.53 bits per heavy atom. The summed E-state index contributed by atoms with van der Waals surface area (Å²) in [7, 11) is 0. The highest BCUT2D eigenvalue weighted by Gasteiger charge is 2.28. The van der Waals surface area contributed by atoms with Crippen LogP contribution in [0, 0.1) is 6.92 Å². The average Bonchev–Trinajstić information content (AvgIpc) is 2.38. The van der Waals surface area contributed by atoms with Crippen molar-refractivity contribution in [1.29, 1.82) is 0 Å². The number of hydrogen-bond donors (Lipinski definition) is 0. The highest BCUT2D eigenvalue weighted by Crippen LogP contribution is 2.15. The first-order valence-corrected chi connectivity index (χ1v) is 6.72. The third-order valence-corrected chi connectivity index (χ3v) is 3.65. The molecule has 2 heterocycles. The fourth-order valence-corrected chi connectivity index (χ4v) is 2.45. The van der Waals surface area contributed by atoms with Gasteiger partial charge in [-0.05, 0) is 19.1 Å². The first-order chi connectivity index (χ1) is 8.24. The molecule has 1 unspecified atom stereocenters. The molecule has 4 nitrogen and oxygen atoms in total. The van der Waals surface area contributed by atoms with Crippen LogP contribution in [0.15, 0.2) is 18.3 Å². The van der Waals surface area contributed by atoms with Gasteiger partial charge in [0, 0.05) is 23.8 Å². The lowest BCUT2D eigenvalue weighted by atomic mass is 10.1. The van der Waals surface area contributed by atoms with Gasteiger partial charge in [0.05, 0.1) is 24.8 Å². The maximum Gasteiger partial charge on any atom is 0.256 e. The maximum atomic E-state index is 12.4. The summed E-state index contributed by atoms with van der Waals surface area (Å²) in [6.45, 7) is 3.70. The Morgan fingerprint density at radius 3 is 3.24 bits per heavy atom. The molecule has 0 spiro atoms. The van der Waals surface area contributed by atoms with Gasteiger partial charge in [-0.2, -0.15) is 0 Å². The molecule has 17 heavy (non-hydrogen) atoms. The molecule has 0 aliphatic carbocycles. The van der Waals surface area contributed by atoms with E-state index in [0.29, 0.717) is 25.3 Å². The Balaban J connectivity index is 2.21. The molecule has 0 N–H and O–H groups in total. The number of amides is 1. The van der Waals surface area contributed by atoms with Gasteiger partial charge in [-0.15, -0.1) is 0 Å². The third-order valence-electron chi connectivity index (χ3n) is 2.90. The van der Waals surface area contributed by atoms with Crippen LogP contribution in [0.25, 0.3) is 0 Å². The molecule has 1 aliphatic heterocycles. The van der Waals surface area contributed by atoms with Crippen molar-refractivity contribution in [3.05, 3.63) is 29.6 Å². The van der Waals surface area contributed by atoms with E-state index in [1.54, 1.807) is 12.3 Å². The number of rotatable bonds is 2. The summed E-state index contributed by atoms with van der Waals surface area (Å²) in [5.41, 5.74) is 1.46. The quantitative estimate of drug-likeness (QED) is 0.780. The number of ether oxygens (including phenoxy) is 1. The number of nitrogens with zero attached hydrogens (tertiary/aromatic N) is 2. The summed E-state index contributed by atoms with van der Waals surface area (Å²) in [4.78, 5) is 18.4. The van der Waals surface area contributed by atoms with Crippen LogP contribution in [0.1, 0.15) is 16.1 Å². The number of aromatic nitrogens is 1. The molecule has 0 saturated carbocycles. The first kappa shape index (κ1) is 12.5. The Hall–Kier alpha value is -0.940. The van der Waals surface area contributed by atoms with Crippen molar-refractivity contribution in [1.82, 2.24) is 9.88 Å². The first-order valence-electron chi connectivity index (χ1n) is 5.60. The van der Waals surface area contributed by atoms with Crippen LogP contribution in [0.2, 0.25) is 0 Å². The highest BCUT2D eigenvalue weighted by atomic mass is 79.9. The fraction of sp³-hybridized carbons (Fsp3) is 0.500. The number of carbonyl (C=O) groups excluding carboxylic acids is 1. The minimum Gasteiger partial charge on any atom is -0.377 e. The maximum absolute atomic E-state index is 12.4. The van der Waals surface area contributed by atoms with Gasteiger partial charge in [0.2, 0.25) is 0 Å². The van der Waals surface area contributed by atoms with Crippen LogP contribution >= 0.6 is 15.9 Å². The van der Waals surface area contributed by atoms with Gasteiger partial charge in [0.15, 0.2) is 0 Å². The molecule has 0 bridgehead atoms. The lowest BCUT2D eigenvalue weighted by molar-refractivity contribution is 0.00518. The second kappa shape index (κ2) is 5.60. The molecule has 1 atom stereocenters. The van der Waals surface area contributed by atoms with E-state index in [1.807, 2.05) is 17.9 Å². The van der Waals surface area contributed by atoms with Crippen LogP contribution in [0.5, 0.6) is 0 Å². The molecule has 2 rings (SSSR count). The zero-order valence-electron chi connectivity index (χ0n) is 9.73. The molecule has 5 heteroatoms. The van der Waals surface area contributed by atoms with Gasteiger partial charge in [0.1, 0.15) is 0 Å². The Morgan fingerprint density at radius 1 is 1.71 bits per heavy atom. The number of hydrogen-bond acceptors (Lipinski definition) is 3. The average molecular weight is 299 g/mol. The van der Waals surface area contributed by atoms with E-state index < -0.39 is 0 Å². The minimum atomic E-state index is 0.0448. The van der Waals surface area contributed by atoms with E-state index >= 15 is 0 Å². The number of pyridine rings is 1. The van der Waals surface area contributed by atoms with Crippen LogP contribution in [-0.2, 0) is 4.74 Å². The van der Waals surface area contributed by atoms with E-state index in [-0.39, 0.29) is 11.9 Å². The molecule has 1 aromatic rings. The summed E-state index contributed by atoms with van der Waals surface area (Å²) in [6.07, 6.45) is 1.70. The number of halogens is 1. The molecular weight excluding hydrogens is 284 g/mol. The van der Waals surface area contributed by atoms with E-state index in [2.05, 4.69) is 20.9 Å². The monoisotopic (exact) mass is 298 g/mol. The Labute approximate surface area is 109 Å². The topological polar surface area (TPSA) is 42.4 Å². The molecule has 1 saturated heterocycles. The van der Waals surface area contributed by atoms with E-state index in [1.165, 1.54) is 0 Å². The minimum absolute atomic E-state index is 0.0448. The van der Waals surface area contributed by atoms with Crippen molar-refractivity contribution in [2.45, 2.75) is 13.0 Å². The molecular formula is C12H15BrN2O2. The highest BCUT2D eigenvalue weighted by molar-refractivity contribution is 9.09. The lowest BCUT2D eigenvalue weighted by Gasteiger charge is -2.34. The summed E-state index contributed by atoms with van der Waals surface area (Å²) >= 11 is 3.42. The molecule has 0 aromatic carbocycles. The van der Waals surface area contributed by atoms with Crippen molar-refractivity contribution >= 4 is 21.8 Å². The molecule has 1 amide bonds. The van der Waals surface area contributed by atoms with Gasteiger partial charge in [0.25, 0.3) is 5.91 Å². The summed E-state index contributed by atoms with van der Waals surface area (Å²) in [5.74, 6) is 0.0448. The third kappa shape index (κ3) is 2.66. The van der Waals surface area contributed by atoms with Gasteiger partial charge >= 0.3 is 0 Å². The summed E-state index contributed by atoms with van der Waals surface area (Å²) in [6, 6.07) is 3.73. The van der Waals surface area contributed by atoms with Crippen molar-refractivity contribution < 1.29 is 9.53 Å². The van der Waals surface area contributed by atoms with E-state index in [4.69, 9.17) is 4.74 Å². The van der Waals surface area contributed by atoms with E-state index in [9.17, 15) is 4.79 Å². The number of carbonyl (C=O) groups is 1. The summed E-state index contributed by atoms with van der Waals surface area (Å²) in [5, 5.41) is 0.734. The van der Waals surface area contributed by atoms with Crippen LogP contribution in [0.4, 0.5) is 0 Å². The van der Waals surface area contributed by atoms with Gasteiger partial charge in [-0.1, -0.05) is 15.9 Å². The number of alkyl halides is 1. The lowest BCUT2D eigenvalue weighted by Crippen LogP contribution is -2.49. The van der Waals surface area contributed by atoms with Crippen molar-refractivity contribution in [3.63, 3.8) is 0 Å². The number of aryl methyl sites for hydroxylation is 1. The molecule has 1 fully saturated rings. The van der Waals surface area contributed by atoms with Crippen molar-refractivity contribution in [3.8, 4) is 0 Å². The van der Waals surface area contributed by atoms with E-state index in [0.717, 1.165) is 11.0 Å². The van der Waals surface area contributed by atoms with Crippen LogP contribution in [-0.4, -0.2) is 46.9 Å². The second-order valence-corrected chi connectivity index (χ2v) is 4.67. The molecule has 1 aromatic heterocycles. The molecule has 92 valence electrons. The predicted octanol–water partition coefficient (Wildman–Crippen LogP) is 1.63. The summed E-state index contributed by atoms with van der Waals surface area (Å²) < 4.78 is 5.38. The molecule has 1 aliphatic rings. The standard InChI is InChI=1S/C12H15BrN2O2/c1-9-11(3-2-4-14-9)12(16)15-5-6-17-8-10(15)7-13/h2-4,10H,5-8H2,1H3. The van der Waals surface area contributed by atoms with Crippen LogP contribution in [0.3, 0.4) is 0 Å². The largest absolute Gasteiger partial charge is 0.377 e. The van der Waals surface area contributed by atoms with Gasteiger partial charge < -0.3 is 9.64 Å². The normalized spacial score (nSPS) is 20.4. The smallest absolute Gasteiger partial charge is 0.256 e. The van der Waals surface area contributed by atoms with Crippen molar-refractivity contribution in [2.75, 3.05) is 25.1 Å². The van der Waals surface area contributed by atoms with Crippen LogP contribution < -0.4 is 0 Å². The fourth-order valence-electron chi connectivity index (χ4n) is 1.92. The predicted molar refractivity (Wildman–Crippen MR) is 68.4 cm³/mol. The second-order valence-electron chi connectivity index (χ2n) is 4.02. The SMILES string of the molecule is Cc1ncccc1C(=O)N1CCOCC1CBr. The Bertz CT molecular complexity index is 411. The zero-order chi connectivity index (χ0) is 12.3. The van der Waals surface area contributed by atoms with Gasteiger partial charge in [-0.3, -0.25) is 9.78 Å². The van der Waals surface area contributed by atoms with Gasteiger partial charge in [-0.25, -0.2) is 0 Å². The van der Waals surface area contributed by atoms with Crippen molar-refractivity contribution in [2.24, 2.45) is 0 Å². The Kier molecular flexibility index (Phi) is 4.12. The zero-order valence-corrected chi connectivity index (χ0v) is 11.3.